The van der Waals surface area contributed by atoms with Gasteiger partial charge in [-0.2, -0.15) is 12.6 Å². The highest BCUT2D eigenvalue weighted by Crippen LogP contribution is 2.18. The largest absolute Gasteiger partial charge is 0.480 e. The number of aromatic nitrogens is 1. The van der Waals surface area contributed by atoms with E-state index in [2.05, 4.69) is 38.6 Å². The van der Waals surface area contributed by atoms with Gasteiger partial charge in [-0.3, -0.25) is 19.4 Å². The Hall–Kier alpha value is -3.78. The van der Waals surface area contributed by atoms with Crippen LogP contribution in [0.15, 0.2) is 35.5 Å². The molecular weight excluding hydrogens is 536 g/mol. The molecule has 1 heterocycles. The molecule has 3 amide bonds. The molecule has 1 aromatic carbocycles. The van der Waals surface area contributed by atoms with Crippen molar-refractivity contribution in [1.82, 2.24) is 20.9 Å². The van der Waals surface area contributed by atoms with Crippen LogP contribution < -0.4 is 33.2 Å². The number of H-pyrrole nitrogens is 1. The number of nitrogens with two attached hydrogens (primary N) is 3. The number of rotatable bonds is 16. The zero-order valence-electron chi connectivity index (χ0n) is 22.7. The van der Waals surface area contributed by atoms with Crippen LogP contribution >= 0.6 is 12.6 Å². The van der Waals surface area contributed by atoms with E-state index in [1.807, 2.05) is 38.1 Å². The maximum atomic E-state index is 13.1. The number of carbonyl (C=O) groups excluding carboxylic acids is 3. The second-order valence-corrected chi connectivity index (χ2v) is 10.3. The number of aliphatic imine (C=N–C) groups is 1. The smallest absolute Gasteiger partial charge is 0.326 e. The minimum Gasteiger partial charge on any atom is -0.480 e. The van der Waals surface area contributed by atoms with E-state index in [1.54, 1.807) is 6.20 Å². The number of para-hydroxylation sites is 1. The van der Waals surface area contributed by atoms with Crippen LogP contribution in [0.2, 0.25) is 0 Å². The van der Waals surface area contributed by atoms with Gasteiger partial charge in [0.05, 0.1) is 6.04 Å². The van der Waals surface area contributed by atoms with Crippen molar-refractivity contribution in [1.29, 1.82) is 0 Å². The molecule has 0 aliphatic carbocycles. The first kappa shape index (κ1) is 32.4. The number of nitrogens with zero attached hydrogens (tertiary/aromatic N) is 1. The molecule has 11 N–H and O–H groups in total. The topological polar surface area (TPSA) is 231 Å². The summed E-state index contributed by atoms with van der Waals surface area (Å²) in [7, 11) is 0. The third-order valence-corrected chi connectivity index (χ3v) is 6.53. The molecule has 0 bridgehead atoms. The summed E-state index contributed by atoms with van der Waals surface area (Å²) in [6.45, 7) is 3.93. The standard InChI is InChI=1S/C26H40N8O5S/c1-14(2)10-20(23(36)32-19(25(38)39)8-5-9-30-26(28)29)33-24(37)21(13-40)34-22(35)17(27)11-15-12-31-18-7-4-3-6-16(15)18/h3-4,6-7,12,14,17,19-21,31,40H,5,8-11,13,27H2,1-2H3,(H,32,36)(H,33,37)(H,34,35)(H,38,39)(H4,28,29,30). The third-order valence-electron chi connectivity index (χ3n) is 6.17. The van der Waals surface area contributed by atoms with E-state index in [9.17, 15) is 24.3 Å². The maximum absolute atomic E-state index is 13.1. The Balaban J connectivity index is 2.02. The molecule has 4 atom stereocenters. The normalized spacial score (nSPS) is 14.1. The lowest BCUT2D eigenvalue weighted by Gasteiger charge is -2.25. The Kier molecular flexibility index (Phi) is 12.7. The lowest BCUT2D eigenvalue weighted by atomic mass is 10.0. The zero-order chi connectivity index (χ0) is 29.8. The summed E-state index contributed by atoms with van der Waals surface area (Å²) in [6.07, 6.45) is 2.69. The molecule has 1 aromatic heterocycles. The first-order chi connectivity index (χ1) is 18.9. The molecule has 0 aliphatic rings. The van der Waals surface area contributed by atoms with Crippen LogP contribution in [-0.2, 0) is 25.6 Å². The summed E-state index contributed by atoms with van der Waals surface area (Å²) in [5.74, 6) is -3.22. The van der Waals surface area contributed by atoms with Crippen molar-refractivity contribution in [3.8, 4) is 0 Å². The van der Waals surface area contributed by atoms with Gasteiger partial charge in [-0.15, -0.1) is 0 Å². The van der Waals surface area contributed by atoms with E-state index in [1.165, 1.54) is 0 Å². The van der Waals surface area contributed by atoms with Crippen LogP contribution in [0.1, 0.15) is 38.7 Å². The number of amides is 3. The number of thiol groups is 1. The molecule has 13 nitrogen and oxygen atoms in total. The van der Waals surface area contributed by atoms with Gasteiger partial charge >= 0.3 is 5.97 Å². The van der Waals surface area contributed by atoms with Gasteiger partial charge in [0, 0.05) is 29.4 Å². The highest BCUT2D eigenvalue weighted by Gasteiger charge is 2.30. The highest BCUT2D eigenvalue weighted by molar-refractivity contribution is 7.80. The molecule has 0 saturated heterocycles. The van der Waals surface area contributed by atoms with Crippen molar-refractivity contribution in [2.24, 2.45) is 28.1 Å². The SMILES string of the molecule is CC(C)CC(NC(=O)C(CS)NC(=O)C(N)Cc1c[nH]c2ccccc12)C(=O)NC(CCCN=C(N)N)C(=O)O. The molecule has 220 valence electrons. The average Bonchev–Trinajstić information content (AvgIpc) is 3.30. The Morgan fingerprint density at radius 3 is 2.25 bits per heavy atom. The molecule has 0 aliphatic heterocycles. The Morgan fingerprint density at radius 2 is 1.62 bits per heavy atom. The van der Waals surface area contributed by atoms with Crippen molar-refractivity contribution >= 4 is 53.2 Å². The van der Waals surface area contributed by atoms with Gasteiger partial charge in [0.2, 0.25) is 17.7 Å². The van der Waals surface area contributed by atoms with Crippen molar-refractivity contribution in [2.75, 3.05) is 12.3 Å². The van der Waals surface area contributed by atoms with Crippen molar-refractivity contribution < 1.29 is 24.3 Å². The van der Waals surface area contributed by atoms with Gasteiger partial charge in [0.15, 0.2) is 5.96 Å². The molecule has 0 saturated carbocycles. The summed E-state index contributed by atoms with van der Waals surface area (Å²) in [4.78, 5) is 57.5. The van der Waals surface area contributed by atoms with Gasteiger partial charge in [-0.25, -0.2) is 4.79 Å². The number of aromatic amines is 1. The summed E-state index contributed by atoms with van der Waals surface area (Å²) < 4.78 is 0. The predicted octanol–water partition coefficient (Wildman–Crippen LogP) is -0.394. The fourth-order valence-electron chi connectivity index (χ4n) is 4.11. The number of carboxylic acid groups (broad SMARTS) is 1. The first-order valence-corrected chi connectivity index (χ1v) is 13.7. The number of guanidine groups is 1. The second-order valence-electron chi connectivity index (χ2n) is 9.95. The monoisotopic (exact) mass is 576 g/mol. The van der Waals surface area contributed by atoms with E-state index < -0.39 is 47.9 Å². The maximum Gasteiger partial charge on any atom is 0.326 e. The molecule has 2 rings (SSSR count). The quantitative estimate of drug-likeness (QED) is 0.0551. The van der Waals surface area contributed by atoms with Gasteiger partial charge in [-0.05, 0) is 43.2 Å². The van der Waals surface area contributed by atoms with Crippen LogP contribution in [0, 0.1) is 5.92 Å². The van der Waals surface area contributed by atoms with Gasteiger partial charge in [-0.1, -0.05) is 32.0 Å². The number of carboxylic acids is 1. The van der Waals surface area contributed by atoms with E-state index in [-0.39, 0.29) is 43.4 Å². The van der Waals surface area contributed by atoms with Crippen LogP contribution in [0.3, 0.4) is 0 Å². The van der Waals surface area contributed by atoms with Crippen LogP contribution in [0.4, 0.5) is 0 Å². The lowest BCUT2D eigenvalue weighted by molar-refractivity contribution is -0.142. The highest BCUT2D eigenvalue weighted by atomic mass is 32.1. The van der Waals surface area contributed by atoms with Gasteiger partial charge in [0.1, 0.15) is 18.1 Å². The molecule has 0 fully saturated rings. The molecule has 0 spiro atoms. The molecule has 0 radical (unpaired) electrons. The van der Waals surface area contributed by atoms with Crippen molar-refractivity contribution in [3.63, 3.8) is 0 Å². The molecule has 2 aromatic rings. The molecule has 4 unspecified atom stereocenters. The van der Waals surface area contributed by atoms with E-state index in [0.717, 1.165) is 16.5 Å². The number of hydrogen-bond donors (Lipinski definition) is 9. The zero-order valence-corrected chi connectivity index (χ0v) is 23.6. The van der Waals surface area contributed by atoms with E-state index >= 15 is 0 Å². The Bertz CT molecular complexity index is 1200. The summed E-state index contributed by atoms with van der Waals surface area (Å²) in [5, 5.41) is 18.2. The summed E-state index contributed by atoms with van der Waals surface area (Å²) in [5.41, 5.74) is 18.5. The van der Waals surface area contributed by atoms with Crippen molar-refractivity contribution in [2.45, 2.75) is 63.7 Å². The van der Waals surface area contributed by atoms with Gasteiger partial charge < -0.3 is 43.2 Å². The first-order valence-electron chi connectivity index (χ1n) is 13.0. The molecular formula is C26H40N8O5S. The van der Waals surface area contributed by atoms with Crippen LogP contribution in [-0.4, -0.2) is 76.2 Å². The number of benzene rings is 1. The van der Waals surface area contributed by atoms with Crippen molar-refractivity contribution in [3.05, 3.63) is 36.0 Å². The van der Waals surface area contributed by atoms with E-state index in [0.29, 0.717) is 6.42 Å². The fourth-order valence-corrected chi connectivity index (χ4v) is 4.37. The Labute approximate surface area is 238 Å². The summed E-state index contributed by atoms with van der Waals surface area (Å²) in [6, 6.07) is 3.40. The minimum atomic E-state index is -1.22. The Morgan fingerprint density at radius 1 is 1.00 bits per heavy atom. The second kappa shape index (κ2) is 15.7. The predicted molar refractivity (Wildman–Crippen MR) is 157 cm³/mol. The molecule has 40 heavy (non-hydrogen) atoms. The third kappa shape index (κ3) is 10.1. The number of hydrogen-bond acceptors (Lipinski definition) is 7. The number of nitrogens with one attached hydrogen (secondary N) is 4. The lowest BCUT2D eigenvalue weighted by Crippen LogP contribution is -2.58. The minimum absolute atomic E-state index is 0.00478. The number of fused-ring (bicyclic) bond motifs is 1. The summed E-state index contributed by atoms with van der Waals surface area (Å²) >= 11 is 4.20. The van der Waals surface area contributed by atoms with E-state index in [4.69, 9.17) is 17.2 Å². The van der Waals surface area contributed by atoms with Crippen LogP contribution in [0.25, 0.3) is 10.9 Å². The average molecular weight is 577 g/mol. The number of aliphatic carboxylic acids is 1. The number of carbonyl (C=O) groups is 4. The molecule has 14 heteroatoms. The fraction of sp³-hybridized carbons (Fsp3) is 0.500. The van der Waals surface area contributed by atoms with Crippen LogP contribution in [0.5, 0.6) is 0 Å². The van der Waals surface area contributed by atoms with Gasteiger partial charge in [0.25, 0.3) is 0 Å².